The first-order valence-electron chi connectivity index (χ1n) is 4.50. The zero-order chi connectivity index (χ0) is 9.45. The third-order valence-corrected chi connectivity index (χ3v) is 1.26. The molecule has 12 heavy (non-hydrogen) atoms. The molecule has 0 bridgehead atoms. The second-order valence-corrected chi connectivity index (χ2v) is 3.59. The standard InChI is InChI=1S/C9H21NO2/c1-4-11-6-5-7-12-8-9(2,3)10/h4-8,10H2,1-3H3. The van der Waals surface area contributed by atoms with E-state index in [4.69, 9.17) is 15.2 Å². The summed E-state index contributed by atoms with van der Waals surface area (Å²) < 4.78 is 10.5. The quantitative estimate of drug-likeness (QED) is 0.591. The summed E-state index contributed by atoms with van der Waals surface area (Å²) in [5, 5.41) is 0. The molecule has 2 N–H and O–H groups in total. The van der Waals surface area contributed by atoms with Gasteiger partial charge in [-0.2, -0.15) is 0 Å². The third kappa shape index (κ3) is 9.88. The van der Waals surface area contributed by atoms with E-state index in [1.807, 2.05) is 20.8 Å². The largest absolute Gasteiger partial charge is 0.382 e. The minimum atomic E-state index is -0.217. The molecule has 0 saturated carbocycles. The van der Waals surface area contributed by atoms with Crippen LogP contribution >= 0.6 is 0 Å². The molecule has 0 aromatic carbocycles. The minimum absolute atomic E-state index is 0.217. The molecule has 0 rings (SSSR count). The van der Waals surface area contributed by atoms with Crippen LogP contribution < -0.4 is 5.73 Å². The summed E-state index contributed by atoms with van der Waals surface area (Å²) in [5.74, 6) is 0. The third-order valence-electron chi connectivity index (χ3n) is 1.26. The molecule has 0 atom stereocenters. The molecule has 0 amide bonds. The van der Waals surface area contributed by atoms with Crippen molar-refractivity contribution in [3.8, 4) is 0 Å². The lowest BCUT2D eigenvalue weighted by molar-refractivity contribution is 0.0681. The molecular formula is C9H21NO2. The second-order valence-electron chi connectivity index (χ2n) is 3.59. The Labute approximate surface area is 75.2 Å². The monoisotopic (exact) mass is 175 g/mol. The molecule has 0 fully saturated rings. The summed E-state index contributed by atoms with van der Waals surface area (Å²) in [6.07, 6.45) is 0.948. The second kappa shape index (κ2) is 6.40. The van der Waals surface area contributed by atoms with E-state index < -0.39 is 0 Å². The lowest BCUT2D eigenvalue weighted by atomic mass is 10.1. The van der Waals surface area contributed by atoms with Crippen LogP contribution in [0.15, 0.2) is 0 Å². The van der Waals surface area contributed by atoms with E-state index in [2.05, 4.69) is 0 Å². The maximum atomic E-state index is 5.72. The number of nitrogens with two attached hydrogens (primary N) is 1. The molecule has 74 valence electrons. The molecule has 3 nitrogen and oxygen atoms in total. The zero-order valence-corrected chi connectivity index (χ0v) is 8.43. The van der Waals surface area contributed by atoms with Gasteiger partial charge < -0.3 is 15.2 Å². The van der Waals surface area contributed by atoms with E-state index in [9.17, 15) is 0 Å². The summed E-state index contributed by atoms with van der Waals surface area (Å²) >= 11 is 0. The Morgan fingerprint density at radius 1 is 1.17 bits per heavy atom. The van der Waals surface area contributed by atoms with Crippen LogP contribution in [0.1, 0.15) is 27.2 Å². The average molecular weight is 175 g/mol. The van der Waals surface area contributed by atoms with Gasteiger partial charge in [0, 0.05) is 25.4 Å². The Balaban J connectivity index is 3.01. The van der Waals surface area contributed by atoms with Gasteiger partial charge in [-0.1, -0.05) is 0 Å². The van der Waals surface area contributed by atoms with Gasteiger partial charge in [-0.25, -0.2) is 0 Å². The maximum Gasteiger partial charge on any atom is 0.0640 e. The van der Waals surface area contributed by atoms with Gasteiger partial charge in [0.1, 0.15) is 0 Å². The fourth-order valence-corrected chi connectivity index (χ4v) is 0.743. The number of hydrogen-bond donors (Lipinski definition) is 1. The molecule has 0 radical (unpaired) electrons. The van der Waals surface area contributed by atoms with Gasteiger partial charge in [-0.15, -0.1) is 0 Å². The van der Waals surface area contributed by atoms with E-state index >= 15 is 0 Å². The summed E-state index contributed by atoms with van der Waals surface area (Å²) in [5.41, 5.74) is 5.50. The SMILES string of the molecule is CCOCCCOCC(C)(C)N. The highest BCUT2D eigenvalue weighted by Gasteiger charge is 2.09. The first-order valence-corrected chi connectivity index (χ1v) is 4.50. The maximum absolute atomic E-state index is 5.72. The molecule has 0 spiro atoms. The van der Waals surface area contributed by atoms with Crippen molar-refractivity contribution in [2.45, 2.75) is 32.7 Å². The number of ether oxygens (including phenoxy) is 2. The van der Waals surface area contributed by atoms with Crippen molar-refractivity contribution < 1.29 is 9.47 Å². The molecule has 0 aliphatic rings. The number of rotatable bonds is 7. The van der Waals surface area contributed by atoms with Crippen LogP contribution in [0.25, 0.3) is 0 Å². The summed E-state index contributed by atoms with van der Waals surface area (Å²) in [7, 11) is 0. The van der Waals surface area contributed by atoms with Crippen molar-refractivity contribution in [2.24, 2.45) is 5.73 Å². The van der Waals surface area contributed by atoms with Gasteiger partial charge in [-0.3, -0.25) is 0 Å². The predicted molar refractivity (Wildman–Crippen MR) is 50.2 cm³/mol. The predicted octanol–water partition coefficient (Wildman–Crippen LogP) is 1.17. The van der Waals surface area contributed by atoms with Crippen LogP contribution in [-0.4, -0.2) is 32.0 Å². The molecule has 0 aliphatic heterocycles. The van der Waals surface area contributed by atoms with Gasteiger partial charge >= 0.3 is 0 Å². The molecule has 0 aromatic heterocycles. The normalized spacial score (nSPS) is 12.0. The van der Waals surface area contributed by atoms with Crippen molar-refractivity contribution in [1.82, 2.24) is 0 Å². The van der Waals surface area contributed by atoms with Gasteiger partial charge in [0.25, 0.3) is 0 Å². The molecular weight excluding hydrogens is 154 g/mol. The van der Waals surface area contributed by atoms with Crippen molar-refractivity contribution in [3.05, 3.63) is 0 Å². The highest BCUT2D eigenvalue weighted by atomic mass is 16.5. The average Bonchev–Trinajstić information content (AvgIpc) is 1.94. The topological polar surface area (TPSA) is 44.5 Å². The van der Waals surface area contributed by atoms with Crippen LogP contribution in [0.2, 0.25) is 0 Å². The summed E-state index contributed by atoms with van der Waals surface area (Å²) in [6, 6.07) is 0. The number of hydrogen-bond acceptors (Lipinski definition) is 3. The van der Waals surface area contributed by atoms with Crippen LogP contribution in [0, 0.1) is 0 Å². The van der Waals surface area contributed by atoms with Gasteiger partial charge in [0.05, 0.1) is 6.61 Å². The van der Waals surface area contributed by atoms with Crippen LogP contribution in [0.4, 0.5) is 0 Å². The highest BCUT2D eigenvalue weighted by molar-refractivity contribution is 4.69. The van der Waals surface area contributed by atoms with Crippen LogP contribution in [0.5, 0.6) is 0 Å². The Morgan fingerprint density at radius 3 is 2.25 bits per heavy atom. The Hall–Kier alpha value is -0.120. The van der Waals surface area contributed by atoms with Crippen molar-refractivity contribution >= 4 is 0 Å². The lowest BCUT2D eigenvalue weighted by Crippen LogP contribution is -2.37. The van der Waals surface area contributed by atoms with Crippen molar-refractivity contribution in [2.75, 3.05) is 26.4 Å². The fraction of sp³-hybridized carbons (Fsp3) is 1.00. The molecule has 0 unspecified atom stereocenters. The zero-order valence-electron chi connectivity index (χ0n) is 8.43. The smallest absolute Gasteiger partial charge is 0.0640 e. The molecule has 0 saturated heterocycles. The minimum Gasteiger partial charge on any atom is -0.382 e. The molecule has 3 heteroatoms. The van der Waals surface area contributed by atoms with Crippen LogP contribution in [-0.2, 0) is 9.47 Å². The summed E-state index contributed by atoms with van der Waals surface area (Å²) in [6.45, 7) is 8.80. The molecule has 0 heterocycles. The first-order chi connectivity index (χ1) is 5.56. The van der Waals surface area contributed by atoms with E-state index in [1.165, 1.54) is 0 Å². The van der Waals surface area contributed by atoms with Gasteiger partial charge in [0.2, 0.25) is 0 Å². The van der Waals surface area contributed by atoms with Crippen LogP contribution in [0.3, 0.4) is 0 Å². The highest BCUT2D eigenvalue weighted by Crippen LogP contribution is 1.97. The van der Waals surface area contributed by atoms with E-state index in [-0.39, 0.29) is 5.54 Å². The Morgan fingerprint density at radius 2 is 1.75 bits per heavy atom. The van der Waals surface area contributed by atoms with E-state index in [0.717, 1.165) is 26.2 Å². The van der Waals surface area contributed by atoms with Gasteiger partial charge in [0.15, 0.2) is 0 Å². The Kier molecular flexibility index (Phi) is 6.34. The van der Waals surface area contributed by atoms with Crippen molar-refractivity contribution in [1.29, 1.82) is 0 Å². The molecule has 0 aromatic rings. The molecule has 0 aliphatic carbocycles. The lowest BCUT2D eigenvalue weighted by Gasteiger charge is -2.17. The van der Waals surface area contributed by atoms with Gasteiger partial charge in [-0.05, 0) is 27.2 Å². The van der Waals surface area contributed by atoms with E-state index in [0.29, 0.717) is 6.61 Å². The first kappa shape index (κ1) is 11.9. The fourth-order valence-electron chi connectivity index (χ4n) is 0.743. The Bertz CT molecular complexity index is 99.2. The van der Waals surface area contributed by atoms with E-state index in [1.54, 1.807) is 0 Å². The van der Waals surface area contributed by atoms with Crippen molar-refractivity contribution in [3.63, 3.8) is 0 Å². The summed E-state index contributed by atoms with van der Waals surface area (Å²) in [4.78, 5) is 0.